The van der Waals surface area contributed by atoms with Gasteiger partial charge in [0.05, 0.1) is 10.6 Å². The van der Waals surface area contributed by atoms with Gasteiger partial charge in [0, 0.05) is 0 Å². The second kappa shape index (κ2) is 3.47. The molecule has 0 spiro atoms. The van der Waals surface area contributed by atoms with Crippen LogP contribution in [0.1, 0.15) is 16.6 Å². The lowest BCUT2D eigenvalue weighted by molar-refractivity contribution is 0.0698. The van der Waals surface area contributed by atoms with Crippen LogP contribution in [0, 0.1) is 0 Å². The van der Waals surface area contributed by atoms with Gasteiger partial charge < -0.3 is 5.11 Å². The number of carbonyl (C=O) groups is 1. The molecule has 1 N–H and O–H groups in total. The summed E-state index contributed by atoms with van der Waals surface area (Å²) in [5.41, 5.74) is 0. The average Bonchev–Trinajstić information content (AvgIpc) is 2.52. The highest BCUT2D eigenvalue weighted by Crippen LogP contribution is 2.22. The van der Waals surface area contributed by atoms with Crippen LogP contribution in [0.2, 0.25) is 0 Å². The molecule has 4 nitrogen and oxygen atoms in total. The summed E-state index contributed by atoms with van der Waals surface area (Å²) in [5.74, 6) is -1.27. The zero-order valence-corrected chi connectivity index (χ0v) is 8.48. The van der Waals surface area contributed by atoms with Crippen molar-refractivity contribution in [3.05, 3.63) is 16.3 Å². The maximum atomic E-state index is 11.3. The molecular formula is C7H8O4S2. The van der Waals surface area contributed by atoms with E-state index in [2.05, 4.69) is 0 Å². The first kappa shape index (κ1) is 10.2. The van der Waals surface area contributed by atoms with Crippen molar-refractivity contribution in [2.24, 2.45) is 0 Å². The molecule has 72 valence electrons. The van der Waals surface area contributed by atoms with Crippen LogP contribution in [0.15, 0.2) is 16.3 Å². The first-order valence-electron chi connectivity index (χ1n) is 3.52. The van der Waals surface area contributed by atoms with E-state index in [0.717, 1.165) is 11.3 Å². The van der Waals surface area contributed by atoms with E-state index in [-0.39, 0.29) is 15.5 Å². The molecule has 0 unspecified atom stereocenters. The van der Waals surface area contributed by atoms with Gasteiger partial charge in [0.25, 0.3) is 0 Å². The zero-order chi connectivity index (χ0) is 10.1. The normalized spacial score (nSPS) is 11.5. The van der Waals surface area contributed by atoms with Crippen molar-refractivity contribution >= 4 is 27.1 Å². The van der Waals surface area contributed by atoms with Crippen LogP contribution in [0.25, 0.3) is 0 Å². The molecule has 0 amide bonds. The van der Waals surface area contributed by atoms with E-state index in [1.807, 2.05) is 0 Å². The molecule has 0 bridgehead atoms. The monoisotopic (exact) mass is 220 g/mol. The van der Waals surface area contributed by atoms with Gasteiger partial charge in [-0.3, -0.25) is 0 Å². The second-order valence-electron chi connectivity index (χ2n) is 2.32. The molecule has 1 heterocycles. The molecule has 0 aromatic carbocycles. The summed E-state index contributed by atoms with van der Waals surface area (Å²) in [5, 5.41) is 10.1. The van der Waals surface area contributed by atoms with Crippen molar-refractivity contribution < 1.29 is 18.3 Å². The molecule has 1 aromatic rings. The van der Waals surface area contributed by atoms with Gasteiger partial charge in [-0.05, 0) is 11.4 Å². The van der Waals surface area contributed by atoms with E-state index in [4.69, 9.17) is 5.11 Å². The number of carboxylic acids is 1. The number of rotatable bonds is 3. The van der Waals surface area contributed by atoms with E-state index >= 15 is 0 Å². The number of hydrogen-bond donors (Lipinski definition) is 1. The summed E-state index contributed by atoms with van der Waals surface area (Å²) in [6.07, 6.45) is 0. The van der Waals surface area contributed by atoms with Crippen LogP contribution in [0.3, 0.4) is 0 Å². The third-order valence-corrected chi connectivity index (χ3v) is 4.34. The van der Waals surface area contributed by atoms with Gasteiger partial charge in [-0.25, -0.2) is 13.2 Å². The Kier molecular flexibility index (Phi) is 2.72. The van der Waals surface area contributed by atoms with Crippen LogP contribution in [-0.4, -0.2) is 25.2 Å². The summed E-state index contributed by atoms with van der Waals surface area (Å²) in [4.78, 5) is 10.4. The highest BCUT2D eigenvalue weighted by molar-refractivity contribution is 7.91. The third kappa shape index (κ3) is 1.89. The predicted octanol–water partition coefficient (Wildman–Crippen LogP) is 1.24. The summed E-state index contributed by atoms with van der Waals surface area (Å²) in [7, 11) is -3.40. The first-order chi connectivity index (χ1) is 5.99. The number of hydrogen-bond acceptors (Lipinski definition) is 4. The first-order valence-corrected chi connectivity index (χ1v) is 6.05. The molecule has 0 atom stereocenters. The molecular weight excluding hydrogens is 212 g/mol. The van der Waals surface area contributed by atoms with Crippen molar-refractivity contribution in [3.63, 3.8) is 0 Å². The van der Waals surface area contributed by atoms with Crippen LogP contribution >= 0.6 is 11.3 Å². The minimum absolute atomic E-state index is 0.0764. The zero-order valence-electron chi connectivity index (χ0n) is 6.85. The molecule has 0 aliphatic heterocycles. The molecule has 1 aromatic heterocycles. The van der Waals surface area contributed by atoms with Gasteiger partial charge in [0.2, 0.25) is 0 Å². The Morgan fingerprint density at radius 1 is 1.62 bits per heavy atom. The standard InChI is InChI=1S/C7H8O4S2/c1-2-13(10,11)5-3-4-12-6(5)7(8)9/h3-4H,2H2,1H3,(H,8,9). The van der Waals surface area contributed by atoms with E-state index in [1.165, 1.54) is 18.4 Å². The molecule has 13 heavy (non-hydrogen) atoms. The van der Waals surface area contributed by atoms with E-state index in [1.54, 1.807) is 0 Å². The SMILES string of the molecule is CCS(=O)(=O)c1ccsc1C(=O)O. The summed E-state index contributed by atoms with van der Waals surface area (Å²) in [6, 6.07) is 1.33. The molecule has 0 aliphatic carbocycles. The fourth-order valence-electron chi connectivity index (χ4n) is 0.854. The molecule has 6 heteroatoms. The van der Waals surface area contributed by atoms with Crippen molar-refractivity contribution in [1.82, 2.24) is 0 Å². The topological polar surface area (TPSA) is 71.4 Å². The molecule has 0 saturated carbocycles. The maximum absolute atomic E-state index is 11.3. The summed E-state index contributed by atoms with van der Waals surface area (Å²) >= 11 is 0.921. The molecule has 0 fully saturated rings. The third-order valence-electron chi connectivity index (χ3n) is 1.54. The summed E-state index contributed by atoms with van der Waals surface area (Å²) in [6.45, 7) is 1.48. The van der Waals surface area contributed by atoms with Gasteiger partial charge in [0.1, 0.15) is 4.88 Å². The number of carboxylic acid groups (broad SMARTS) is 1. The van der Waals surface area contributed by atoms with E-state index in [0.29, 0.717) is 0 Å². The molecule has 1 rings (SSSR count). The van der Waals surface area contributed by atoms with Crippen molar-refractivity contribution in [3.8, 4) is 0 Å². The summed E-state index contributed by atoms with van der Waals surface area (Å²) < 4.78 is 22.7. The number of sulfone groups is 1. The highest BCUT2D eigenvalue weighted by Gasteiger charge is 2.21. The Bertz CT molecular complexity index is 415. The highest BCUT2D eigenvalue weighted by atomic mass is 32.2. The number of thiophene rings is 1. The van der Waals surface area contributed by atoms with Crippen molar-refractivity contribution in [2.75, 3.05) is 5.75 Å². The maximum Gasteiger partial charge on any atom is 0.347 e. The lowest BCUT2D eigenvalue weighted by atomic mass is 10.5. The molecule has 0 radical (unpaired) electrons. The van der Waals surface area contributed by atoms with Gasteiger partial charge in [-0.15, -0.1) is 11.3 Å². The minimum atomic E-state index is -3.40. The molecule has 0 saturated heterocycles. The second-order valence-corrected chi connectivity index (χ2v) is 5.49. The van der Waals surface area contributed by atoms with Gasteiger partial charge >= 0.3 is 5.97 Å². The Morgan fingerprint density at radius 3 is 2.69 bits per heavy atom. The fraction of sp³-hybridized carbons (Fsp3) is 0.286. The Balaban J connectivity index is 3.31. The van der Waals surface area contributed by atoms with E-state index < -0.39 is 15.8 Å². The Hall–Kier alpha value is -0.880. The predicted molar refractivity (Wildman–Crippen MR) is 49.0 cm³/mol. The largest absolute Gasteiger partial charge is 0.477 e. The van der Waals surface area contributed by atoms with Crippen LogP contribution in [-0.2, 0) is 9.84 Å². The quantitative estimate of drug-likeness (QED) is 0.831. The number of aromatic carboxylic acids is 1. The van der Waals surface area contributed by atoms with Gasteiger partial charge in [0.15, 0.2) is 9.84 Å². The minimum Gasteiger partial charge on any atom is -0.477 e. The fourth-order valence-corrected chi connectivity index (χ4v) is 3.05. The van der Waals surface area contributed by atoms with Gasteiger partial charge in [-0.1, -0.05) is 6.92 Å². The van der Waals surface area contributed by atoms with Crippen LogP contribution in [0.5, 0.6) is 0 Å². The smallest absolute Gasteiger partial charge is 0.347 e. The molecule has 0 aliphatic rings. The van der Waals surface area contributed by atoms with Crippen LogP contribution in [0.4, 0.5) is 0 Å². The average molecular weight is 220 g/mol. The van der Waals surface area contributed by atoms with Crippen molar-refractivity contribution in [2.45, 2.75) is 11.8 Å². The van der Waals surface area contributed by atoms with E-state index in [9.17, 15) is 13.2 Å². The van der Waals surface area contributed by atoms with Gasteiger partial charge in [-0.2, -0.15) is 0 Å². The Labute approximate surface area is 79.7 Å². The lowest BCUT2D eigenvalue weighted by Crippen LogP contribution is -2.07. The van der Waals surface area contributed by atoms with Crippen molar-refractivity contribution in [1.29, 1.82) is 0 Å². The lowest BCUT2D eigenvalue weighted by Gasteiger charge is -1.98. The van der Waals surface area contributed by atoms with Crippen LogP contribution < -0.4 is 0 Å². The Morgan fingerprint density at radius 2 is 2.23 bits per heavy atom.